The van der Waals surface area contributed by atoms with E-state index in [0.29, 0.717) is 6.42 Å². The topological polar surface area (TPSA) is 29.1 Å². The maximum atomic E-state index is 13.3. The van der Waals surface area contributed by atoms with Crippen LogP contribution in [-0.4, -0.2) is 14.0 Å². The second kappa shape index (κ2) is 11.8. The summed E-state index contributed by atoms with van der Waals surface area (Å²) >= 11 is 0. The van der Waals surface area contributed by atoms with Crippen molar-refractivity contribution in [1.82, 2.24) is 5.32 Å². The third-order valence-electron chi connectivity index (χ3n) is 6.91. The Balaban J connectivity index is 1.49. The first kappa shape index (κ1) is 24.7. The molecule has 1 amide bonds. The van der Waals surface area contributed by atoms with Gasteiger partial charge in [0.1, 0.15) is 0 Å². The van der Waals surface area contributed by atoms with Crippen LogP contribution in [0, 0.1) is 6.92 Å². The van der Waals surface area contributed by atoms with E-state index >= 15 is 0 Å². The predicted molar refractivity (Wildman–Crippen MR) is 149 cm³/mol. The number of carbonyl (C=O) groups excluding carboxylic acids is 1. The van der Waals surface area contributed by atoms with E-state index in [1.165, 1.54) is 21.9 Å². The SMILES string of the molecule is Cc1ccc(CC(NC(=O)CC[Si](C)(Cc2ccccc2)c2ccccc2)c2ccccc2)cc1. The molecular weight excluding hydrogens is 442 g/mol. The van der Waals surface area contributed by atoms with Crippen LogP contribution in [0.1, 0.15) is 34.7 Å². The highest BCUT2D eigenvalue weighted by atomic mass is 28.3. The van der Waals surface area contributed by atoms with Gasteiger partial charge in [0, 0.05) is 6.42 Å². The van der Waals surface area contributed by atoms with E-state index < -0.39 is 8.07 Å². The van der Waals surface area contributed by atoms with Gasteiger partial charge >= 0.3 is 0 Å². The van der Waals surface area contributed by atoms with Crippen molar-refractivity contribution in [2.24, 2.45) is 0 Å². The fourth-order valence-corrected chi connectivity index (χ4v) is 8.36. The Morgan fingerprint density at radius 3 is 1.94 bits per heavy atom. The van der Waals surface area contributed by atoms with E-state index in [9.17, 15) is 4.79 Å². The predicted octanol–water partition coefficient (Wildman–Crippen LogP) is 6.55. The molecule has 0 saturated heterocycles. The zero-order chi connectivity index (χ0) is 24.5. The number of hydrogen-bond acceptors (Lipinski definition) is 1. The molecule has 0 aliphatic rings. The van der Waals surface area contributed by atoms with Crippen LogP contribution in [0.2, 0.25) is 12.6 Å². The van der Waals surface area contributed by atoms with E-state index in [4.69, 9.17) is 0 Å². The second-order valence-corrected chi connectivity index (χ2v) is 14.4. The van der Waals surface area contributed by atoms with Gasteiger partial charge in [-0.25, -0.2) is 0 Å². The summed E-state index contributed by atoms with van der Waals surface area (Å²) in [6.07, 6.45) is 1.33. The molecule has 4 aromatic carbocycles. The molecule has 0 aromatic heterocycles. The monoisotopic (exact) mass is 477 g/mol. The maximum absolute atomic E-state index is 13.3. The van der Waals surface area contributed by atoms with Crippen LogP contribution < -0.4 is 10.5 Å². The van der Waals surface area contributed by atoms with Crippen LogP contribution in [-0.2, 0) is 17.3 Å². The van der Waals surface area contributed by atoms with Gasteiger partial charge in [-0.1, -0.05) is 138 Å². The van der Waals surface area contributed by atoms with Gasteiger partial charge in [0.15, 0.2) is 0 Å². The third-order valence-corrected chi connectivity index (χ3v) is 11.2. The summed E-state index contributed by atoms with van der Waals surface area (Å²) in [4.78, 5) is 13.3. The van der Waals surface area contributed by atoms with Crippen molar-refractivity contribution in [3.8, 4) is 0 Å². The molecule has 0 radical (unpaired) electrons. The molecule has 0 bridgehead atoms. The van der Waals surface area contributed by atoms with Gasteiger partial charge in [-0.15, -0.1) is 0 Å². The molecule has 0 aliphatic heterocycles. The first-order chi connectivity index (χ1) is 17.0. The van der Waals surface area contributed by atoms with Gasteiger partial charge in [-0.3, -0.25) is 4.79 Å². The number of amides is 1. The van der Waals surface area contributed by atoms with Gasteiger partial charge in [0.25, 0.3) is 0 Å². The molecule has 0 heterocycles. The number of aryl methyl sites for hydroxylation is 1. The summed E-state index contributed by atoms with van der Waals surface area (Å²) in [5, 5.41) is 4.78. The van der Waals surface area contributed by atoms with Crippen LogP contribution in [0.5, 0.6) is 0 Å². The summed E-state index contributed by atoms with van der Waals surface area (Å²) in [7, 11) is -1.90. The first-order valence-electron chi connectivity index (χ1n) is 12.5. The minimum Gasteiger partial charge on any atom is -0.349 e. The van der Waals surface area contributed by atoms with E-state index in [2.05, 4.69) is 116 Å². The fraction of sp³-hybridized carbons (Fsp3) is 0.219. The highest BCUT2D eigenvalue weighted by Gasteiger charge is 2.30. The number of carbonyl (C=O) groups is 1. The van der Waals surface area contributed by atoms with Crippen molar-refractivity contribution >= 4 is 19.2 Å². The first-order valence-corrected chi connectivity index (χ1v) is 15.4. The molecule has 178 valence electrons. The molecule has 2 nitrogen and oxygen atoms in total. The summed E-state index contributed by atoms with van der Waals surface area (Å²) in [6, 6.07) is 42.4. The van der Waals surface area contributed by atoms with E-state index in [-0.39, 0.29) is 11.9 Å². The highest BCUT2D eigenvalue weighted by Crippen LogP contribution is 2.22. The van der Waals surface area contributed by atoms with E-state index in [1.54, 1.807) is 0 Å². The lowest BCUT2D eigenvalue weighted by Gasteiger charge is -2.29. The zero-order valence-corrected chi connectivity index (χ0v) is 21.8. The van der Waals surface area contributed by atoms with E-state index in [1.807, 2.05) is 18.2 Å². The Morgan fingerprint density at radius 2 is 1.31 bits per heavy atom. The smallest absolute Gasteiger partial charge is 0.220 e. The largest absolute Gasteiger partial charge is 0.349 e. The molecule has 4 aromatic rings. The zero-order valence-electron chi connectivity index (χ0n) is 20.8. The lowest BCUT2D eigenvalue weighted by atomic mass is 9.98. The van der Waals surface area contributed by atoms with Gasteiger partial charge in [0.05, 0.1) is 14.1 Å². The summed E-state index contributed by atoms with van der Waals surface area (Å²) in [5.41, 5.74) is 4.98. The molecular formula is C32H35NOSi. The summed E-state index contributed by atoms with van der Waals surface area (Å²) in [5.74, 6) is 0.133. The highest BCUT2D eigenvalue weighted by molar-refractivity contribution is 6.90. The fourth-order valence-electron chi connectivity index (χ4n) is 4.78. The van der Waals surface area contributed by atoms with E-state index in [0.717, 1.165) is 24.1 Å². The summed E-state index contributed by atoms with van der Waals surface area (Å²) < 4.78 is 0. The molecule has 2 unspecified atom stereocenters. The average Bonchev–Trinajstić information content (AvgIpc) is 2.90. The molecule has 2 atom stereocenters. The number of nitrogens with one attached hydrogen (secondary N) is 1. The average molecular weight is 478 g/mol. The van der Waals surface area contributed by atoms with Gasteiger partial charge in [-0.05, 0) is 36.6 Å². The van der Waals surface area contributed by atoms with Gasteiger partial charge < -0.3 is 5.32 Å². The number of benzene rings is 4. The Bertz CT molecular complexity index is 1190. The van der Waals surface area contributed by atoms with Crippen molar-refractivity contribution < 1.29 is 4.79 Å². The molecule has 35 heavy (non-hydrogen) atoms. The molecule has 0 spiro atoms. The molecule has 1 N–H and O–H groups in total. The quantitative estimate of drug-likeness (QED) is 0.258. The third kappa shape index (κ3) is 7.03. The minimum atomic E-state index is -1.90. The van der Waals surface area contributed by atoms with Crippen molar-refractivity contribution in [2.45, 2.75) is 44.4 Å². The van der Waals surface area contributed by atoms with Crippen molar-refractivity contribution in [3.05, 3.63) is 138 Å². The molecule has 0 saturated carbocycles. The lowest BCUT2D eigenvalue weighted by Crippen LogP contribution is -2.48. The normalized spacial score (nSPS) is 13.5. The Morgan fingerprint density at radius 1 is 0.743 bits per heavy atom. The standard InChI is InChI=1S/C32H35NOSi/c1-26-18-20-27(21-19-26)24-31(29-14-8-4-9-15-29)33-32(34)22-23-35(2,30-16-10-5-11-17-30)25-28-12-6-3-7-13-28/h3-21,31H,22-25H2,1-2H3,(H,33,34). The molecule has 0 fully saturated rings. The summed E-state index contributed by atoms with van der Waals surface area (Å²) in [6.45, 7) is 4.52. The van der Waals surface area contributed by atoms with Crippen molar-refractivity contribution in [3.63, 3.8) is 0 Å². The van der Waals surface area contributed by atoms with Gasteiger partial charge in [0.2, 0.25) is 5.91 Å². The molecule has 3 heteroatoms. The molecule has 4 rings (SSSR count). The van der Waals surface area contributed by atoms with Crippen molar-refractivity contribution in [1.29, 1.82) is 0 Å². The van der Waals surface area contributed by atoms with Crippen LogP contribution in [0.3, 0.4) is 0 Å². The van der Waals surface area contributed by atoms with Gasteiger partial charge in [-0.2, -0.15) is 0 Å². The van der Waals surface area contributed by atoms with Crippen LogP contribution in [0.25, 0.3) is 0 Å². The lowest BCUT2D eigenvalue weighted by molar-refractivity contribution is -0.121. The molecule has 0 aliphatic carbocycles. The number of rotatable bonds is 10. The number of hydrogen-bond donors (Lipinski definition) is 1. The minimum absolute atomic E-state index is 0.0369. The van der Waals surface area contributed by atoms with Crippen LogP contribution >= 0.6 is 0 Å². The van der Waals surface area contributed by atoms with Crippen molar-refractivity contribution in [2.75, 3.05) is 0 Å². The van der Waals surface area contributed by atoms with Crippen LogP contribution in [0.4, 0.5) is 0 Å². The second-order valence-electron chi connectivity index (χ2n) is 9.81. The Labute approximate surface area is 211 Å². The maximum Gasteiger partial charge on any atom is 0.220 e. The Kier molecular flexibility index (Phi) is 8.33. The van der Waals surface area contributed by atoms with Crippen LogP contribution in [0.15, 0.2) is 115 Å². The Hall–Kier alpha value is -3.43.